The Labute approximate surface area is 242 Å². The molecule has 0 bridgehead atoms. The zero-order valence-corrected chi connectivity index (χ0v) is 24.7. The normalized spacial score (nSPS) is 24.1. The first-order chi connectivity index (χ1) is 19.8. The van der Waals surface area contributed by atoms with Gasteiger partial charge in [-0.25, -0.2) is 0 Å². The molecule has 1 saturated heterocycles. The molecule has 0 spiro atoms. The van der Waals surface area contributed by atoms with Gasteiger partial charge in [0.15, 0.2) is 0 Å². The fraction of sp³-hybridized carbons (Fsp3) is 0.375. The van der Waals surface area contributed by atoms with Gasteiger partial charge in [-0.1, -0.05) is 116 Å². The van der Waals surface area contributed by atoms with Crippen LogP contribution in [0.1, 0.15) is 16.7 Å². The van der Waals surface area contributed by atoms with Crippen molar-refractivity contribution >= 4 is 8.07 Å². The Morgan fingerprint density at radius 2 is 1.32 bits per heavy atom. The van der Waals surface area contributed by atoms with Crippen molar-refractivity contribution in [2.24, 2.45) is 5.11 Å². The standard InChI is InChI=1S/C32H37N3O5Si/c1-41(2,3)20-19-32(36)31(34-35-33)30(39-23-27-17-11-6-12-18-27)29(38-22-26-15-9-5-10-16-26)28(40-32)24-37-21-25-13-7-4-8-14-25/h4-18,28-31,36H,21-24H2,1-3H3/t28-,29-,30+,31-,32?/m1/s1. The third-order valence-corrected chi connectivity index (χ3v) is 7.37. The highest BCUT2D eigenvalue weighted by molar-refractivity contribution is 6.83. The zero-order chi connectivity index (χ0) is 29.1. The van der Waals surface area contributed by atoms with Gasteiger partial charge in [0.05, 0.1) is 26.4 Å². The summed E-state index contributed by atoms with van der Waals surface area (Å²) in [5.41, 5.74) is 15.6. The quantitative estimate of drug-likeness (QED) is 0.0996. The van der Waals surface area contributed by atoms with Crippen molar-refractivity contribution in [3.8, 4) is 11.5 Å². The number of rotatable bonds is 11. The Morgan fingerprint density at radius 1 is 0.829 bits per heavy atom. The number of aliphatic hydroxyl groups is 1. The van der Waals surface area contributed by atoms with Gasteiger partial charge < -0.3 is 24.1 Å². The molecule has 0 amide bonds. The second kappa shape index (κ2) is 14.4. The first-order valence-corrected chi connectivity index (χ1v) is 17.2. The lowest BCUT2D eigenvalue weighted by atomic mass is 9.90. The minimum atomic E-state index is -2.10. The summed E-state index contributed by atoms with van der Waals surface area (Å²) in [7, 11) is -1.94. The average Bonchev–Trinajstić information content (AvgIpc) is 2.97. The molecule has 1 unspecified atom stereocenters. The molecule has 4 rings (SSSR count). The average molecular weight is 572 g/mol. The highest BCUT2D eigenvalue weighted by Crippen LogP contribution is 2.35. The Bertz CT molecular complexity index is 1340. The number of benzene rings is 3. The molecule has 1 aliphatic heterocycles. The minimum Gasteiger partial charge on any atom is -0.374 e. The molecule has 41 heavy (non-hydrogen) atoms. The maximum Gasteiger partial charge on any atom is 0.242 e. The molecule has 0 saturated carbocycles. The van der Waals surface area contributed by atoms with Gasteiger partial charge in [0.1, 0.15) is 32.4 Å². The van der Waals surface area contributed by atoms with Crippen molar-refractivity contribution in [1.29, 1.82) is 0 Å². The summed E-state index contributed by atoms with van der Waals surface area (Å²) in [6, 6.07) is 28.0. The molecular weight excluding hydrogens is 534 g/mol. The predicted octanol–water partition coefficient (Wildman–Crippen LogP) is 6.02. The molecule has 3 aromatic rings. The van der Waals surface area contributed by atoms with Gasteiger partial charge in [-0.2, -0.15) is 0 Å². The van der Waals surface area contributed by atoms with Gasteiger partial charge in [0.25, 0.3) is 0 Å². The smallest absolute Gasteiger partial charge is 0.242 e. The number of nitrogens with zero attached hydrogens (tertiary/aromatic N) is 3. The van der Waals surface area contributed by atoms with Crippen molar-refractivity contribution in [2.45, 2.75) is 69.6 Å². The van der Waals surface area contributed by atoms with Crippen molar-refractivity contribution < 1.29 is 24.1 Å². The number of ether oxygens (including phenoxy) is 4. The van der Waals surface area contributed by atoms with Crippen LogP contribution in [0.15, 0.2) is 96.1 Å². The molecular formula is C32H37N3O5Si. The maximum absolute atomic E-state index is 11.9. The van der Waals surface area contributed by atoms with E-state index in [0.717, 1.165) is 16.7 Å². The van der Waals surface area contributed by atoms with Crippen LogP contribution >= 0.6 is 0 Å². The third kappa shape index (κ3) is 9.02. The summed E-state index contributed by atoms with van der Waals surface area (Å²) in [4.78, 5) is 3.05. The first kappa shape index (κ1) is 30.5. The highest BCUT2D eigenvalue weighted by Gasteiger charge is 2.55. The van der Waals surface area contributed by atoms with Crippen LogP contribution in [0.3, 0.4) is 0 Å². The van der Waals surface area contributed by atoms with E-state index in [4.69, 9.17) is 18.9 Å². The molecule has 1 aliphatic rings. The van der Waals surface area contributed by atoms with E-state index in [2.05, 4.69) is 41.1 Å². The van der Waals surface area contributed by atoms with Crippen LogP contribution in [0.25, 0.3) is 10.4 Å². The van der Waals surface area contributed by atoms with E-state index in [0.29, 0.717) is 6.61 Å². The second-order valence-electron chi connectivity index (χ2n) is 11.0. The van der Waals surface area contributed by atoms with Gasteiger partial charge in [-0.15, -0.1) is 5.54 Å². The van der Waals surface area contributed by atoms with Crippen LogP contribution in [0.2, 0.25) is 19.6 Å². The lowest BCUT2D eigenvalue weighted by Gasteiger charge is -2.47. The van der Waals surface area contributed by atoms with E-state index >= 15 is 0 Å². The molecule has 214 valence electrons. The number of hydrogen-bond donors (Lipinski definition) is 1. The van der Waals surface area contributed by atoms with Gasteiger partial charge in [0.2, 0.25) is 5.79 Å². The van der Waals surface area contributed by atoms with E-state index < -0.39 is 38.2 Å². The Hall–Kier alpha value is -3.45. The largest absolute Gasteiger partial charge is 0.374 e. The predicted molar refractivity (Wildman–Crippen MR) is 160 cm³/mol. The van der Waals surface area contributed by atoms with Gasteiger partial charge in [-0.05, 0) is 28.1 Å². The van der Waals surface area contributed by atoms with Crippen LogP contribution in [0, 0.1) is 11.5 Å². The molecule has 8 nitrogen and oxygen atoms in total. The van der Waals surface area contributed by atoms with Crippen LogP contribution in [-0.4, -0.2) is 49.9 Å². The molecule has 0 aromatic heterocycles. The number of hydrogen-bond acceptors (Lipinski definition) is 6. The van der Waals surface area contributed by atoms with Crippen molar-refractivity contribution in [3.63, 3.8) is 0 Å². The summed E-state index contributed by atoms with van der Waals surface area (Å²) in [5, 5.41) is 15.8. The molecule has 1 fully saturated rings. The van der Waals surface area contributed by atoms with Crippen LogP contribution < -0.4 is 0 Å². The van der Waals surface area contributed by atoms with E-state index in [1.54, 1.807) is 0 Å². The highest BCUT2D eigenvalue weighted by atomic mass is 28.3. The Kier molecular flexibility index (Phi) is 10.7. The summed E-state index contributed by atoms with van der Waals surface area (Å²) >= 11 is 0. The maximum atomic E-state index is 11.9. The molecule has 1 N–H and O–H groups in total. The summed E-state index contributed by atoms with van der Waals surface area (Å²) < 4.78 is 25.2. The lowest BCUT2D eigenvalue weighted by molar-refractivity contribution is -0.304. The molecule has 1 heterocycles. The minimum absolute atomic E-state index is 0.0967. The molecule has 5 atom stereocenters. The molecule has 9 heteroatoms. The summed E-state index contributed by atoms with van der Waals surface area (Å²) in [6.45, 7) is 7.10. The van der Waals surface area contributed by atoms with E-state index in [-0.39, 0.29) is 19.8 Å². The van der Waals surface area contributed by atoms with Crippen LogP contribution in [-0.2, 0) is 38.8 Å². The lowest BCUT2D eigenvalue weighted by Crippen LogP contribution is -2.65. The third-order valence-electron chi connectivity index (χ3n) is 6.49. The topological polar surface area (TPSA) is 106 Å². The van der Waals surface area contributed by atoms with Gasteiger partial charge in [0, 0.05) is 4.91 Å². The van der Waals surface area contributed by atoms with Crippen LogP contribution in [0.4, 0.5) is 0 Å². The first-order valence-electron chi connectivity index (χ1n) is 13.7. The SMILES string of the molecule is C[Si](C)(C)C#CC1(O)O[C@H](COCc2ccccc2)[C@@H](OCc2ccccc2)[C@H](OCc2ccccc2)[C@H]1N=[N+]=[N-]. The van der Waals surface area contributed by atoms with Crippen molar-refractivity contribution in [3.05, 3.63) is 118 Å². The summed E-state index contributed by atoms with van der Waals surface area (Å²) in [6.07, 6.45) is -2.39. The van der Waals surface area contributed by atoms with E-state index in [1.807, 2.05) is 91.0 Å². The zero-order valence-electron chi connectivity index (χ0n) is 23.7. The fourth-order valence-corrected chi connectivity index (χ4v) is 5.03. The van der Waals surface area contributed by atoms with Gasteiger partial charge in [-0.3, -0.25) is 0 Å². The molecule has 0 aliphatic carbocycles. The van der Waals surface area contributed by atoms with E-state index in [9.17, 15) is 10.6 Å². The molecule has 3 aromatic carbocycles. The number of azide groups is 1. The monoisotopic (exact) mass is 571 g/mol. The Morgan fingerprint density at radius 3 is 1.80 bits per heavy atom. The second-order valence-corrected chi connectivity index (χ2v) is 15.8. The fourth-order valence-electron chi connectivity index (χ4n) is 4.48. The van der Waals surface area contributed by atoms with Crippen molar-refractivity contribution in [2.75, 3.05) is 6.61 Å². The molecule has 0 radical (unpaired) electrons. The summed E-state index contributed by atoms with van der Waals surface area (Å²) in [5.74, 6) is 0.827. The van der Waals surface area contributed by atoms with Crippen LogP contribution in [0.5, 0.6) is 0 Å². The van der Waals surface area contributed by atoms with Gasteiger partial charge >= 0.3 is 0 Å². The van der Waals surface area contributed by atoms with Crippen molar-refractivity contribution in [1.82, 2.24) is 0 Å². The van der Waals surface area contributed by atoms with E-state index in [1.165, 1.54) is 0 Å². The Balaban J connectivity index is 1.68.